The van der Waals surface area contributed by atoms with Crippen LogP contribution in [0.15, 0.2) is 42.5 Å². The lowest BCUT2D eigenvalue weighted by molar-refractivity contribution is -0.141. The molecule has 0 radical (unpaired) electrons. The number of rotatable bonds is 6. The van der Waals surface area contributed by atoms with Crippen LogP contribution in [0.2, 0.25) is 0 Å². The molecule has 0 aromatic heterocycles. The zero-order valence-electron chi connectivity index (χ0n) is 15.0. The van der Waals surface area contributed by atoms with E-state index in [1.54, 1.807) is 4.90 Å². The van der Waals surface area contributed by atoms with Crippen molar-refractivity contribution in [1.82, 2.24) is 9.80 Å². The van der Waals surface area contributed by atoms with Gasteiger partial charge in [-0.1, -0.05) is 42.5 Å². The summed E-state index contributed by atoms with van der Waals surface area (Å²) < 4.78 is 0. The minimum absolute atomic E-state index is 0.0184. The Morgan fingerprint density at radius 3 is 2.27 bits per heavy atom. The summed E-state index contributed by atoms with van der Waals surface area (Å²) in [6, 6.07) is 9.85. The van der Waals surface area contributed by atoms with Gasteiger partial charge in [0.15, 0.2) is 0 Å². The van der Waals surface area contributed by atoms with Gasteiger partial charge >= 0.3 is 0 Å². The monoisotopic (exact) mass is 352 g/mol. The van der Waals surface area contributed by atoms with Crippen LogP contribution in [0.25, 0.3) is 0 Å². The lowest BCUT2D eigenvalue weighted by Crippen LogP contribution is -2.38. The molecule has 0 unspecified atom stereocenters. The Kier molecular flexibility index (Phi) is 4.39. The molecule has 2 fully saturated rings. The van der Waals surface area contributed by atoms with Crippen molar-refractivity contribution in [3.63, 3.8) is 0 Å². The van der Waals surface area contributed by atoms with E-state index < -0.39 is 0 Å². The van der Waals surface area contributed by atoms with E-state index in [0.29, 0.717) is 13.1 Å². The quantitative estimate of drug-likeness (QED) is 0.583. The highest BCUT2D eigenvalue weighted by Gasteiger charge is 2.59. The van der Waals surface area contributed by atoms with E-state index in [0.717, 1.165) is 12.0 Å². The van der Waals surface area contributed by atoms with Crippen molar-refractivity contribution in [2.45, 2.75) is 26.3 Å². The third kappa shape index (κ3) is 2.75. The fourth-order valence-electron chi connectivity index (χ4n) is 4.73. The number of carbonyl (C=O) groups excluding carboxylic acids is 3. The van der Waals surface area contributed by atoms with Crippen molar-refractivity contribution in [1.29, 1.82) is 0 Å². The summed E-state index contributed by atoms with van der Waals surface area (Å²) in [5, 5.41) is 0. The van der Waals surface area contributed by atoms with Gasteiger partial charge in [-0.05, 0) is 30.7 Å². The first kappa shape index (κ1) is 17.0. The molecule has 1 aliphatic heterocycles. The average Bonchev–Trinajstić information content (AvgIpc) is 3.33. The van der Waals surface area contributed by atoms with E-state index in [2.05, 4.69) is 12.2 Å². The zero-order valence-corrected chi connectivity index (χ0v) is 15.0. The number of imide groups is 1. The Bertz CT molecular complexity index is 728. The van der Waals surface area contributed by atoms with Gasteiger partial charge in [-0.15, -0.1) is 0 Å². The molecular weight excluding hydrogens is 328 g/mol. The van der Waals surface area contributed by atoms with Crippen LogP contribution in [0, 0.1) is 23.7 Å². The Morgan fingerprint density at radius 2 is 1.69 bits per heavy atom. The number of carbonyl (C=O) groups is 3. The topological polar surface area (TPSA) is 57.7 Å². The molecule has 1 aromatic rings. The molecule has 4 atom stereocenters. The van der Waals surface area contributed by atoms with Crippen molar-refractivity contribution in [2.75, 3.05) is 13.1 Å². The molecule has 5 nitrogen and oxygen atoms in total. The van der Waals surface area contributed by atoms with Gasteiger partial charge in [0.05, 0.1) is 11.8 Å². The van der Waals surface area contributed by atoms with Gasteiger partial charge in [-0.2, -0.15) is 0 Å². The van der Waals surface area contributed by atoms with Gasteiger partial charge in [0.1, 0.15) is 0 Å². The number of benzene rings is 1. The van der Waals surface area contributed by atoms with E-state index in [4.69, 9.17) is 0 Å². The fraction of sp³-hybridized carbons (Fsp3) is 0.476. The molecule has 3 aliphatic rings. The van der Waals surface area contributed by atoms with Crippen LogP contribution in [0.3, 0.4) is 0 Å². The van der Waals surface area contributed by atoms with Crippen molar-refractivity contribution < 1.29 is 14.4 Å². The third-order valence-electron chi connectivity index (χ3n) is 6.06. The number of allylic oxidation sites excluding steroid dienone is 2. The van der Waals surface area contributed by atoms with Crippen LogP contribution in [0.4, 0.5) is 0 Å². The van der Waals surface area contributed by atoms with Crippen LogP contribution >= 0.6 is 0 Å². The highest BCUT2D eigenvalue weighted by Crippen LogP contribution is 2.52. The van der Waals surface area contributed by atoms with Gasteiger partial charge in [-0.3, -0.25) is 19.3 Å². The van der Waals surface area contributed by atoms with Crippen molar-refractivity contribution in [2.24, 2.45) is 23.7 Å². The van der Waals surface area contributed by atoms with E-state index in [-0.39, 0.29) is 54.4 Å². The van der Waals surface area contributed by atoms with Crippen molar-refractivity contribution in [3.05, 3.63) is 48.0 Å². The molecule has 2 aliphatic carbocycles. The Morgan fingerprint density at radius 1 is 1.08 bits per heavy atom. The van der Waals surface area contributed by atoms with Crippen LogP contribution in [0.1, 0.15) is 25.3 Å². The highest BCUT2D eigenvalue weighted by molar-refractivity contribution is 6.06. The van der Waals surface area contributed by atoms with Gasteiger partial charge < -0.3 is 4.90 Å². The van der Waals surface area contributed by atoms with Crippen LogP contribution < -0.4 is 0 Å². The molecule has 1 aromatic carbocycles. The maximum absolute atomic E-state index is 12.7. The average molecular weight is 352 g/mol. The predicted octanol–water partition coefficient (Wildman–Crippen LogP) is 2.23. The fourth-order valence-corrected chi connectivity index (χ4v) is 4.73. The molecule has 136 valence electrons. The van der Waals surface area contributed by atoms with Crippen molar-refractivity contribution in [3.8, 4) is 0 Å². The Labute approximate surface area is 153 Å². The molecule has 0 N–H and O–H groups in total. The summed E-state index contributed by atoms with van der Waals surface area (Å²) in [4.78, 5) is 41.1. The van der Waals surface area contributed by atoms with E-state index in [9.17, 15) is 14.4 Å². The number of hydrogen-bond acceptors (Lipinski definition) is 3. The second-order valence-corrected chi connectivity index (χ2v) is 7.47. The smallest absolute Gasteiger partial charge is 0.233 e. The summed E-state index contributed by atoms with van der Waals surface area (Å²) in [6.07, 6.45) is 5.30. The van der Waals surface area contributed by atoms with Gasteiger partial charge in [0.2, 0.25) is 17.7 Å². The number of likely N-dealkylation sites (tertiary alicyclic amines) is 1. The summed E-state index contributed by atoms with van der Waals surface area (Å²) in [5.74, 6) is -0.0974. The standard InChI is InChI=1S/C21H24N2O3/c1-2-22(13-14-6-4-3-5-7-14)17(24)10-11-23-20(25)18-15-8-9-16(12-15)19(18)21(23)26/h3-9,15-16,18-19H,2,10-13H2,1H3/t15-,16-,18-,19-/m0/s1. The lowest BCUT2D eigenvalue weighted by atomic mass is 9.85. The minimum Gasteiger partial charge on any atom is -0.339 e. The van der Waals surface area contributed by atoms with Crippen molar-refractivity contribution >= 4 is 17.7 Å². The summed E-state index contributed by atoms with van der Waals surface area (Å²) in [6.45, 7) is 3.31. The van der Waals surface area contributed by atoms with Gasteiger partial charge in [0.25, 0.3) is 0 Å². The van der Waals surface area contributed by atoms with Crippen LogP contribution in [0.5, 0.6) is 0 Å². The second-order valence-electron chi connectivity index (χ2n) is 7.47. The number of hydrogen-bond donors (Lipinski definition) is 0. The summed E-state index contributed by atoms with van der Waals surface area (Å²) in [5.41, 5.74) is 1.08. The molecule has 0 spiro atoms. The maximum Gasteiger partial charge on any atom is 0.233 e. The normalized spacial score (nSPS) is 28.7. The molecule has 1 heterocycles. The van der Waals surface area contributed by atoms with E-state index in [1.165, 1.54) is 4.90 Å². The third-order valence-corrected chi connectivity index (χ3v) is 6.06. The molecule has 2 bridgehead atoms. The van der Waals surface area contributed by atoms with E-state index >= 15 is 0 Å². The molecule has 1 saturated heterocycles. The largest absolute Gasteiger partial charge is 0.339 e. The zero-order chi connectivity index (χ0) is 18.3. The molecule has 26 heavy (non-hydrogen) atoms. The Balaban J connectivity index is 1.37. The second kappa shape index (κ2) is 6.71. The predicted molar refractivity (Wildman–Crippen MR) is 96.6 cm³/mol. The van der Waals surface area contributed by atoms with Gasteiger partial charge in [0, 0.05) is 26.1 Å². The van der Waals surface area contributed by atoms with E-state index in [1.807, 2.05) is 37.3 Å². The molecule has 1 saturated carbocycles. The number of amides is 3. The maximum atomic E-state index is 12.7. The number of fused-ring (bicyclic) bond motifs is 5. The lowest BCUT2D eigenvalue weighted by Gasteiger charge is -2.23. The Hall–Kier alpha value is -2.43. The first-order chi connectivity index (χ1) is 12.6. The first-order valence-electron chi connectivity index (χ1n) is 9.45. The summed E-state index contributed by atoms with van der Waals surface area (Å²) in [7, 11) is 0. The minimum atomic E-state index is -0.181. The summed E-state index contributed by atoms with van der Waals surface area (Å²) >= 11 is 0. The molecule has 3 amide bonds. The van der Waals surface area contributed by atoms with Crippen LogP contribution in [-0.2, 0) is 20.9 Å². The molecular formula is C21H24N2O3. The van der Waals surface area contributed by atoms with Gasteiger partial charge in [-0.25, -0.2) is 0 Å². The van der Waals surface area contributed by atoms with Crippen LogP contribution in [-0.4, -0.2) is 40.6 Å². The SMILES string of the molecule is CCN(Cc1ccccc1)C(=O)CCN1C(=O)[C@@H]2[C@@H](C1=O)[C@H]1C=C[C@H]2C1. The highest BCUT2D eigenvalue weighted by atomic mass is 16.2. The first-order valence-corrected chi connectivity index (χ1v) is 9.45. The molecule has 4 rings (SSSR count). The number of nitrogens with zero attached hydrogens (tertiary/aromatic N) is 2. The molecule has 5 heteroatoms.